The summed E-state index contributed by atoms with van der Waals surface area (Å²) in [5.74, 6) is 6.11. The molecule has 0 radical (unpaired) electrons. The average Bonchev–Trinajstić information content (AvgIpc) is 2.29. The largest absolute Gasteiger partial charge is 0.398 e. The van der Waals surface area contributed by atoms with Crippen molar-refractivity contribution < 1.29 is 0 Å². The first-order valence-corrected chi connectivity index (χ1v) is 5.77. The van der Waals surface area contributed by atoms with Gasteiger partial charge in [-0.05, 0) is 17.5 Å². The minimum absolute atomic E-state index is 0.686. The van der Waals surface area contributed by atoms with E-state index in [4.69, 9.17) is 5.73 Å². The van der Waals surface area contributed by atoms with Gasteiger partial charge in [-0.25, -0.2) is 0 Å². The Balaban J connectivity index is 2.72. The van der Waals surface area contributed by atoms with E-state index in [1.807, 2.05) is 36.4 Å². The molecule has 0 saturated carbocycles. The van der Waals surface area contributed by atoms with Gasteiger partial charge in [-0.15, -0.1) is 0 Å². The van der Waals surface area contributed by atoms with Crippen LogP contribution in [0.3, 0.4) is 0 Å². The zero-order chi connectivity index (χ0) is 10.7. The summed E-state index contributed by atoms with van der Waals surface area (Å²) in [5.41, 5.74) is 7.72. The Morgan fingerprint density at radius 3 is 2.53 bits per heavy atom. The van der Waals surface area contributed by atoms with Crippen molar-refractivity contribution in [2.45, 2.75) is 0 Å². The molecule has 0 saturated heterocycles. The molecular weight excluding hydrogens is 250 g/mol. The zero-order valence-electron chi connectivity index (χ0n) is 8.13. The summed E-state index contributed by atoms with van der Waals surface area (Å²) < 4.78 is 0. The quantitative estimate of drug-likeness (QED) is 0.439. The first kappa shape index (κ1) is 10.1. The van der Waals surface area contributed by atoms with Crippen LogP contribution in [0.1, 0.15) is 5.56 Å². The molecule has 74 valence electrons. The summed E-state index contributed by atoms with van der Waals surface area (Å²) in [5, 5.41) is 2.87. The number of alkyl halides is 1. The van der Waals surface area contributed by atoms with E-state index < -0.39 is 0 Å². The van der Waals surface area contributed by atoms with Gasteiger partial charge in [0.15, 0.2) is 0 Å². The van der Waals surface area contributed by atoms with Gasteiger partial charge in [0.1, 0.15) is 0 Å². The van der Waals surface area contributed by atoms with Gasteiger partial charge >= 0.3 is 0 Å². The van der Waals surface area contributed by atoms with Crippen LogP contribution < -0.4 is 5.73 Å². The summed E-state index contributed by atoms with van der Waals surface area (Å²) in [4.78, 5) is 0. The average molecular weight is 260 g/mol. The third-order valence-corrected chi connectivity index (χ3v) is 2.53. The van der Waals surface area contributed by atoms with Gasteiger partial charge in [-0.3, -0.25) is 0 Å². The highest BCUT2D eigenvalue weighted by molar-refractivity contribution is 9.09. The number of nitrogens with two attached hydrogens (primary N) is 1. The van der Waals surface area contributed by atoms with Gasteiger partial charge in [-0.1, -0.05) is 52.0 Å². The number of rotatable bonds is 0. The lowest BCUT2D eigenvalue weighted by atomic mass is 10.0. The first-order chi connectivity index (χ1) is 7.33. The zero-order valence-corrected chi connectivity index (χ0v) is 9.71. The standard InChI is InChI=1S/C13H10BrN/c14-9-3-4-10-7-8-13(15)12-6-2-1-5-11(10)12/h1-2,5-8H,9,15H2. The lowest BCUT2D eigenvalue weighted by Gasteiger charge is -2.03. The Morgan fingerprint density at radius 2 is 1.80 bits per heavy atom. The summed E-state index contributed by atoms with van der Waals surface area (Å²) in [6.45, 7) is 0. The Morgan fingerprint density at radius 1 is 1.07 bits per heavy atom. The van der Waals surface area contributed by atoms with E-state index in [1.54, 1.807) is 0 Å². The highest BCUT2D eigenvalue weighted by Crippen LogP contribution is 2.23. The van der Waals surface area contributed by atoms with Crippen molar-refractivity contribution in [2.24, 2.45) is 0 Å². The van der Waals surface area contributed by atoms with E-state index in [-0.39, 0.29) is 0 Å². The number of nitrogen functional groups attached to an aromatic ring is 1. The normalized spacial score (nSPS) is 9.67. The maximum Gasteiger partial charge on any atom is 0.0649 e. The van der Waals surface area contributed by atoms with E-state index >= 15 is 0 Å². The monoisotopic (exact) mass is 259 g/mol. The maximum atomic E-state index is 5.90. The summed E-state index contributed by atoms with van der Waals surface area (Å²) in [7, 11) is 0. The molecule has 2 heteroatoms. The smallest absolute Gasteiger partial charge is 0.0649 e. The Labute approximate surface area is 97.4 Å². The van der Waals surface area contributed by atoms with Crippen LogP contribution in [0.2, 0.25) is 0 Å². The minimum atomic E-state index is 0.686. The number of halogens is 1. The first-order valence-electron chi connectivity index (χ1n) is 4.65. The van der Waals surface area contributed by atoms with Crippen LogP contribution in [-0.4, -0.2) is 5.33 Å². The highest BCUT2D eigenvalue weighted by atomic mass is 79.9. The van der Waals surface area contributed by atoms with E-state index in [2.05, 4.69) is 27.8 Å². The van der Waals surface area contributed by atoms with Gasteiger partial charge in [0.05, 0.1) is 5.33 Å². The molecule has 0 atom stereocenters. The second-order valence-electron chi connectivity index (χ2n) is 3.18. The molecule has 2 aromatic carbocycles. The van der Waals surface area contributed by atoms with E-state index in [0.717, 1.165) is 22.0 Å². The molecule has 0 aliphatic rings. The Kier molecular flexibility index (Phi) is 2.94. The van der Waals surface area contributed by atoms with Crippen LogP contribution in [0.25, 0.3) is 10.8 Å². The number of fused-ring (bicyclic) bond motifs is 1. The third kappa shape index (κ3) is 1.98. The highest BCUT2D eigenvalue weighted by Gasteiger charge is 2.00. The number of hydrogen-bond acceptors (Lipinski definition) is 1. The van der Waals surface area contributed by atoms with Gasteiger partial charge in [0.25, 0.3) is 0 Å². The molecule has 0 fully saturated rings. The third-order valence-electron chi connectivity index (χ3n) is 2.25. The van der Waals surface area contributed by atoms with Crippen molar-refractivity contribution in [3.05, 3.63) is 42.0 Å². The van der Waals surface area contributed by atoms with Crippen molar-refractivity contribution in [3.63, 3.8) is 0 Å². The molecule has 2 rings (SSSR count). The molecule has 2 aromatic rings. The van der Waals surface area contributed by atoms with Crippen molar-refractivity contribution >= 4 is 32.4 Å². The topological polar surface area (TPSA) is 26.0 Å². The van der Waals surface area contributed by atoms with Gasteiger partial charge < -0.3 is 5.73 Å². The molecule has 0 spiro atoms. The van der Waals surface area contributed by atoms with Crippen molar-refractivity contribution in [3.8, 4) is 11.8 Å². The lowest BCUT2D eigenvalue weighted by molar-refractivity contribution is 1.68. The predicted octanol–water partition coefficient (Wildman–Crippen LogP) is 3.17. The predicted molar refractivity (Wildman–Crippen MR) is 69.0 cm³/mol. The molecular formula is C13H10BrN. The lowest BCUT2D eigenvalue weighted by Crippen LogP contribution is -1.88. The molecule has 0 unspecified atom stereocenters. The van der Waals surface area contributed by atoms with Crippen LogP contribution in [-0.2, 0) is 0 Å². The second kappa shape index (κ2) is 4.37. The van der Waals surface area contributed by atoms with Crippen LogP contribution in [0, 0.1) is 11.8 Å². The van der Waals surface area contributed by atoms with Gasteiger partial charge in [-0.2, -0.15) is 0 Å². The van der Waals surface area contributed by atoms with Gasteiger partial charge in [0, 0.05) is 16.6 Å². The molecule has 0 aliphatic carbocycles. The Bertz CT molecular complexity index is 549. The van der Waals surface area contributed by atoms with Crippen LogP contribution in [0.15, 0.2) is 36.4 Å². The number of benzene rings is 2. The summed E-state index contributed by atoms with van der Waals surface area (Å²) in [6.07, 6.45) is 0. The molecule has 0 aromatic heterocycles. The fraction of sp³-hybridized carbons (Fsp3) is 0.0769. The van der Waals surface area contributed by atoms with Crippen LogP contribution in [0.4, 0.5) is 5.69 Å². The second-order valence-corrected chi connectivity index (χ2v) is 3.74. The van der Waals surface area contributed by atoms with Crippen LogP contribution in [0.5, 0.6) is 0 Å². The Hall–Kier alpha value is -1.46. The van der Waals surface area contributed by atoms with Crippen molar-refractivity contribution in [1.29, 1.82) is 0 Å². The molecule has 0 amide bonds. The molecule has 15 heavy (non-hydrogen) atoms. The van der Waals surface area contributed by atoms with E-state index in [0.29, 0.717) is 5.33 Å². The van der Waals surface area contributed by atoms with E-state index in [9.17, 15) is 0 Å². The maximum absolute atomic E-state index is 5.90. The SMILES string of the molecule is Nc1ccc(C#CCBr)c2ccccc12. The molecule has 0 heterocycles. The fourth-order valence-corrected chi connectivity index (χ4v) is 1.70. The van der Waals surface area contributed by atoms with Crippen molar-refractivity contribution in [1.82, 2.24) is 0 Å². The molecule has 0 aliphatic heterocycles. The van der Waals surface area contributed by atoms with Crippen LogP contribution >= 0.6 is 15.9 Å². The molecule has 2 N–H and O–H groups in total. The number of anilines is 1. The minimum Gasteiger partial charge on any atom is -0.398 e. The number of hydrogen-bond donors (Lipinski definition) is 1. The summed E-state index contributed by atoms with van der Waals surface area (Å²) >= 11 is 3.29. The summed E-state index contributed by atoms with van der Waals surface area (Å²) in [6, 6.07) is 11.9. The molecule has 1 nitrogen and oxygen atoms in total. The molecule has 0 bridgehead atoms. The fourth-order valence-electron chi connectivity index (χ4n) is 1.56. The van der Waals surface area contributed by atoms with E-state index in [1.165, 1.54) is 0 Å². The van der Waals surface area contributed by atoms with Crippen molar-refractivity contribution in [2.75, 3.05) is 11.1 Å². The van der Waals surface area contributed by atoms with Gasteiger partial charge in [0.2, 0.25) is 0 Å².